The number of fused-ring (bicyclic) bond motifs is 1. The highest BCUT2D eigenvalue weighted by molar-refractivity contribution is 14.2. The Morgan fingerprint density at radius 3 is 3.04 bits per heavy atom. The van der Waals surface area contributed by atoms with Crippen molar-refractivity contribution in [2.24, 2.45) is 0 Å². The van der Waals surface area contributed by atoms with Crippen LogP contribution in [0.4, 0.5) is 5.82 Å². The normalized spacial score (nSPS) is 18.7. The first-order chi connectivity index (χ1) is 12.1. The molecule has 0 aromatic carbocycles. The van der Waals surface area contributed by atoms with Crippen molar-refractivity contribution < 1.29 is 4.74 Å². The van der Waals surface area contributed by atoms with E-state index in [1.807, 2.05) is 11.4 Å². The predicted molar refractivity (Wildman–Crippen MR) is 116 cm³/mol. The minimum atomic E-state index is 0.309. The molecule has 3 aromatic rings. The van der Waals surface area contributed by atoms with Gasteiger partial charge in [-0.3, -0.25) is 0 Å². The van der Waals surface area contributed by atoms with Crippen LogP contribution < -0.4 is 4.90 Å². The van der Waals surface area contributed by atoms with Crippen LogP contribution >= 0.6 is 55.9 Å². The average Bonchev–Trinajstić information content (AvgIpc) is 3.18. The van der Waals surface area contributed by atoms with Gasteiger partial charge in [0.25, 0.3) is 0 Å². The van der Waals surface area contributed by atoms with Gasteiger partial charge in [0.05, 0.1) is 41.7 Å². The number of aryl methyl sites for hydroxylation is 1. The maximum absolute atomic E-state index is 5.56. The zero-order valence-corrected chi connectivity index (χ0v) is 19.2. The molecule has 0 saturated carbocycles. The minimum Gasteiger partial charge on any atom is -0.377 e. The number of aromatic nitrogens is 4. The van der Waals surface area contributed by atoms with E-state index in [4.69, 9.17) is 14.1 Å². The van der Waals surface area contributed by atoms with Crippen LogP contribution in [0.3, 0.4) is 0 Å². The third-order valence-electron chi connectivity index (χ3n) is 4.18. The molecule has 0 radical (unpaired) electrons. The SMILES string of the molecule is Cc1cc(-c2nsc3c(Br)cc(N4CCOC[C@H]4C)nc23)n(PI)n1. The fourth-order valence-electron chi connectivity index (χ4n) is 2.99. The largest absolute Gasteiger partial charge is 0.377 e. The van der Waals surface area contributed by atoms with E-state index in [0.29, 0.717) is 12.4 Å². The highest BCUT2D eigenvalue weighted by atomic mass is 127. The van der Waals surface area contributed by atoms with Crippen LogP contribution in [0.5, 0.6) is 0 Å². The van der Waals surface area contributed by atoms with Gasteiger partial charge in [0.1, 0.15) is 17.0 Å². The van der Waals surface area contributed by atoms with Crippen LogP contribution in [0, 0.1) is 6.92 Å². The first-order valence-corrected chi connectivity index (χ1v) is 13.4. The molecule has 4 rings (SSSR count). The minimum absolute atomic E-state index is 0.309. The van der Waals surface area contributed by atoms with Gasteiger partial charge in [-0.2, -0.15) is 9.47 Å². The summed E-state index contributed by atoms with van der Waals surface area (Å²) in [6, 6.07) is 4.48. The summed E-state index contributed by atoms with van der Waals surface area (Å²) in [5, 5.41) is 4.56. The van der Waals surface area contributed by atoms with E-state index >= 15 is 0 Å². The second-order valence-electron chi connectivity index (χ2n) is 5.96. The third kappa shape index (κ3) is 3.34. The molecule has 0 bridgehead atoms. The van der Waals surface area contributed by atoms with Gasteiger partial charge in [0.2, 0.25) is 0 Å². The molecule has 3 aromatic heterocycles. The molecule has 1 aliphatic rings. The fourth-order valence-corrected chi connectivity index (χ4v) is 5.89. The monoisotopic (exact) mass is 551 g/mol. The Kier molecular flexibility index (Phi) is 5.30. The molecule has 10 heteroatoms. The molecule has 1 fully saturated rings. The van der Waals surface area contributed by atoms with E-state index in [1.165, 1.54) is 11.5 Å². The van der Waals surface area contributed by atoms with E-state index in [1.54, 1.807) is 0 Å². The van der Waals surface area contributed by atoms with Crippen molar-refractivity contribution in [1.29, 1.82) is 0 Å². The Morgan fingerprint density at radius 1 is 1.44 bits per heavy atom. The van der Waals surface area contributed by atoms with Gasteiger partial charge in [-0.05, 0) is 75.5 Å². The van der Waals surface area contributed by atoms with E-state index in [0.717, 1.165) is 57.3 Å². The lowest BCUT2D eigenvalue weighted by atomic mass is 10.2. The van der Waals surface area contributed by atoms with Crippen molar-refractivity contribution in [3.63, 3.8) is 0 Å². The first-order valence-electron chi connectivity index (χ1n) is 7.82. The zero-order chi connectivity index (χ0) is 17.6. The van der Waals surface area contributed by atoms with Gasteiger partial charge in [-0.25, -0.2) is 9.44 Å². The van der Waals surface area contributed by atoms with Crippen molar-refractivity contribution in [2.75, 3.05) is 24.7 Å². The molecule has 1 aliphatic heterocycles. The lowest BCUT2D eigenvalue weighted by Gasteiger charge is -2.34. The summed E-state index contributed by atoms with van der Waals surface area (Å²) in [6.07, 6.45) is 0.528. The maximum atomic E-state index is 5.56. The summed E-state index contributed by atoms with van der Waals surface area (Å²) in [5.41, 5.74) is 3.87. The Morgan fingerprint density at radius 2 is 2.28 bits per heavy atom. The maximum Gasteiger partial charge on any atom is 0.130 e. The summed E-state index contributed by atoms with van der Waals surface area (Å²) in [5.74, 6) is 0.969. The van der Waals surface area contributed by atoms with Crippen LogP contribution in [0.2, 0.25) is 0 Å². The smallest absolute Gasteiger partial charge is 0.130 e. The molecule has 0 N–H and O–H groups in total. The lowest BCUT2D eigenvalue weighted by molar-refractivity contribution is 0.0985. The second kappa shape index (κ2) is 7.34. The Labute approximate surface area is 173 Å². The highest BCUT2D eigenvalue weighted by Crippen LogP contribution is 2.39. The van der Waals surface area contributed by atoms with Gasteiger partial charge in [0.15, 0.2) is 0 Å². The van der Waals surface area contributed by atoms with Crippen molar-refractivity contribution in [3.05, 3.63) is 22.3 Å². The number of rotatable bonds is 3. The number of ether oxygens (including phenoxy) is 1. The van der Waals surface area contributed by atoms with Gasteiger partial charge in [-0.15, -0.1) is 0 Å². The molecule has 0 aliphatic carbocycles. The number of pyridine rings is 1. The molecule has 0 amide bonds. The number of morpholine rings is 1. The highest BCUT2D eigenvalue weighted by Gasteiger charge is 2.23. The fraction of sp³-hybridized carbons (Fsp3) is 0.400. The molecule has 1 saturated heterocycles. The lowest BCUT2D eigenvalue weighted by Crippen LogP contribution is -2.44. The molecular formula is C15H16BrIN5OPS. The number of hydrogen-bond donors (Lipinski definition) is 0. The van der Waals surface area contributed by atoms with E-state index in [-0.39, 0.29) is 0 Å². The van der Waals surface area contributed by atoms with Crippen molar-refractivity contribution in [3.8, 4) is 11.4 Å². The van der Waals surface area contributed by atoms with Crippen LogP contribution in [-0.2, 0) is 4.74 Å². The molecule has 0 spiro atoms. The van der Waals surface area contributed by atoms with Crippen LogP contribution in [0.25, 0.3) is 21.6 Å². The number of anilines is 1. The van der Waals surface area contributed by atoms with Crippen molar-refractivity contribution in [1.82, 2.24) is 18.9 Å². The van der Waals surface area contributed by atoms with Crippen LogP contribution in [0.1, 0.15) is 12.6 Å². The van der Waals surface area contributed by atoms with Gasteiger partial charge >= 0.3 is 0 Å². The Bertz CT molecular complexity index is 932. The third-order valence-corrected chi connectivity index (χ3v) is 7.81. The zero-order valence-electron chi connectivity index (χ0n) is 13.7. The van der Waals surface area contributed by atoms with Crippen molar-refractivity contribution in [2.45, 2.75) is 19.9 Å². The van der Waals surface area contributed by atoms with Gasteiger partial charge in [-0.1, -0.05) is 0 Å². The molecule has 6 nitrogen and oxygen atoms in total. The van der Waals surface area contributed by atoms with Crippen LogP contribution in [0.15, 0.2) is 16.6 Å². The van der Waals surface area contributed by atoms with E-state index in [9.17, 15) is 0 Å². The van der Waals surface area contributed by atoms with Crippen LogP contribution in [-0.4, -0.2) is 44.7 Å². The van der Waals surface area contributed by atoms with Gasteiger partial charge < -0.3 is 9.64 Å². The quantitative estimate of drug-likeness (QED) is 0.350. The number of hydrogen-bond acceptors (Lipinski definition) is 6. The molecular weight excluding hydrogens is 536 g/mol. The second-order valence-corrected chi connectivity index (χ2v) is 9.62. The molecule has 132 valence electrons. The topological polar surface area (TPSA) is 56.1 Å². The predicted octanol–water partition coefficient (Wildman–Crippen LogP) is 4.64. The summed E-state index contributed by atoms with van der Waals surface area (Å²) < 4.78 is 14.4. The van der Waals surface area contributed by atoms with E-state index in [2.05, 4.69) is 67.0 Å². The summed E-state index contributed by atoms with van der Waals surface area (Å²) >= 11 is 7.53. The Hall–Kier alpha value is -0.350. The summed E-state index contributed by atoms with van der Waals surface area (Å²) in [7, 11) is 0. The van der Waals surface area contributed by atoms with Gasteiger partial charge in [0, 0.05) is 11.0 Å². The summed E-state index contributed by atoms with van der Waals surface area (Å²) in [6.45, 7) is 6.49. The number of nitrogens with zero attached hydrogens (tertiary/aromatic N) is 5. The summed E-state index contributed by atoms with van der Waals surface area (Å²) in [4.78, 5) is 7.28. The standard InChI is InChI=1S/C15H16BrIN5OPS/c1-8-5-11(22(19-8)24-17)13-14-15(25-20-13)10(16)6-12(18-14)21-3-4-23-7-9(21)2/h5-6,9,24H,3-4,7H2,1-2H3/t9-/m1/s1. The van der Waals surface area contributed by atoms with E-state index < -0.39 is 0 Å². The average molecular weight is 552 g/mol. The number of halogens is 2. The van der Waals surface area contributed by atoms with Crippen molar-refractivity contribution >= 4 is 71.9 Å². The molecule has 2 atom stereocenters. The molecule has 1 unspecified atom stereocenters. The Balaban J connectivity index is 1.87. The first kappa shape index (κ1) is 18.0. The molecule has 25 heavy (non-hydrogen) atoms. The molecule has 4 heterocycles.